The van der Waals surface area contributed by atoms with Gasteiger partial charge in [-0.15, -0.1) is 0 Å². The molecule has 1 atom stereocenters. The third-order valence-corrected chi connectivity index (χ3v) is 5.36. The van der Waals surface area contributed by atoms with Crippen molar-refractivity contribution in [2.24, 2.45) is 5.73 Å². The molecule has 0 aromatic carbocycles. The maximum atomic E-state index is 5.92. The normalized spacial score (nSPS) is 13.3. The largest absolute Gasteiger partial charge is 0.396 e. The molecule has 0 bridgehead atoms. The molecule has 16 heavy (non-hydrogen) atoms. The van der Waals surface area contributed by atoms with Gasteiger partial charge in [0, 0.05) is 13.2 Å². The van der Waals surface area contributed by atoms with Crippen LogP contribution in [0.2, 0.25) is 5.54 Å². The molecule has 0 spiro atoms. The van der Waals surface area contributed by atoms with Crippen LogP contribution in [0.4, 0.5) is 0 Å². The van der Waals surface area contributed by atoms with Gasteiger partial charge in [0.05, 0.1) is 0 Å². The van der Waals surface area contributed by atoms with Crippen LogP contribution in [0.3, 0.4) is 0 Å². The van der Waals surface area contributed by atoms with Crippen molar-refractivity contribution in [3.05, 3.63) is 0 Å². The summed E-state index contributed by atoms with van der Waals surface area (Å²) in [5.74, 6) is 0. The Kier molecular flexibility index (Phi) is 11.6. The fourth-order valence-corrected chi connectivity index (χ4v) is 4.17. The molecule has 98 valence electrons. The second kappa shape index (κ2) is 11.6. The standard InChI is InChI=1S/C12H29NO2Si/c1-4-10-14-16(15-11-5-2)12(6-3)8-7-9-13/h12,16H,4-11,13H2,1-3H3. The Morgan fingerprint density at radius 1 is 1.06 bits per heavy atom. The molecule has 0 aliphatic rings. The van der Waals surface area contributed by atoms with Crippen LogP contribution in [-0.4, -0.2) is 29.0 Å². The molecule has 0 amide bonds. The van der Waals surface area contributed by atoms with E-state index in [4.69, 9.17) is 14.6 Å². The van der Waals surface area contributed by atoms with Crippen LogP contribution in [-0.2, 0) is 8.85 Å². The van der Waals surface area contributed by atoms with Crippen LogP contribution in [0.5, 0.6) is 0 Å². The summed E-state index contributed by atoms with van der Waals surface area (Å²) in [5, 5.41) is 0. The Labute approximate surface area is 103 Å². The van der Waals surface area contributed by atoms with Crippen molar-refractivity contribution in [2.45, 2.75) is 58.4 Å². The van der Waals surface area contributed by atoms with E-state index in [0.717, 1.165) is 51.9 Å². The molecule has 0 aliphatic heterocycles. The topological polar surface area (TPSA) is 44.5 Å². The van der Waals surface area contributed by atoms with Crippen LogP contribution in [0, 0.1) is 0 Å². The second-order valence-corrected chi connectivity index (χ2v) is 6.56. The van der Waals surface area contributed by atoms with Crippen molar-refractivity contribution in [3.63, 3.8) is 0 Å². The van der Waals surface area contributed by atoms with Gasteiger partial charge in [-0.25, -0.2) is 0 Å². The summed E-state index contributed by atoms with van der Waals surface area (Å²) in [6.07, 6.45) is 5.56. The minimum Gasteiger partial charge on any atom is -0.396 e. The Morgan fingerprint density at radius 2 is 1.62 bits per heavy atom. The lowest BCUT2D eigenvalue weighted by molar-refractivity contribution is 0.185. The lowest BCUT2D eigenvalue weighted by Crippen LogP contribution is -2.30. The van der Waals surface area contributed by atoms with E-state index >= 15 is 0 Å². The quantitative estimate of drug-likeness (QED) is 0.571. The Balaban J connectivity index is 4.06. The van der Waals surface area contributed by atoms with Crippen molar-refractivity contribution >= 4 is 9.28 Å². The first-order valence-corrected chi connectivity index (χ1v) is 8.34. The van der Waals surface area contributed by atoms with Gasteiger partial charge in [0.2, 0.25) is 0 Å². The summed E-state index contributed by atoms with van der Waals surface area (Å²) in [5.41, 5.74) is 6.19. The van der Waals surface area contributed by atoms with E-state index < -0.39 is 9.28 Å². The summed E-state index contributed by atoms with van der Waals surface area (Å²) in [7, 11) is -1.47. The van der Waals surface area contributed by atoms with Gasteiger partial charge in [-0.2, -0.15) is 0 Å². The fraction of sp³-hybridized carbons (Fsp3) is 1.00. The highest BCUT2D eigenvalue weighted by molar-refractivity contribution is 6.46. The van der Waals surface area contributed by atoms with Crippen molar-refractivity contribution in [2.75, 3.05) is 19.8 Å². The lowest BCUT2D eigenvalue weighted by atomic mass is 10.2. The average Bonchev–Trinajstić information content (AvgIpc) is 2.32. The Morgan fingerprint density at radius 3 is 2.00 bits per heavy atom. The van der Waals surface area contributed by atoms with E-state index in [1.807, 2.05) is 0 Å². The van der Waals surface area contributed by atoms with Gasteiger partial charge in [-0.05, 0) is 37.8 Å². The SMILES string of the molecule is CCCO[SiH](OCCC)C(CC)CCCN. The molecular formula is C12H29NO2Si. The first-order chi connectivity index (χ1) is 7.79. The monoisotopic (exact) mass is 247 g/mol. The van der Waals surface area contributed by atoms with Crippen LogP contribution in [0.25, 0.3) is 0 Å². The first-order valence-electron chi connectivity index (χ1n) is 6.73. The van der Waals surface area contributed by atoms with Gasteiger partial charge < -0.3 is 14.6 Å². The minimum atomic E-state index is -1.47. The maximum absolute atomic E-state index is 5.92. The molecule has 0 saturated heterocycles. The van der Waals surface area contributed by atoms with Gasteiger partial charge in [0.25, 0.3) is 0 Å². The lowest BCUT2D eigenvalue weighted by Gasteiger charge is -2.24. The van der Waals surface area contributed by atoms with E-state index in [1.54, 1.807) is 0 Å². The molecule has 0 saturated carbocycles. The predicted octanol–water partition coefficient (Wildman–Crippen LogP) is 2.58. The van der Waals surface area contributed by atoms with E-state index in [0.29, 0.717) is 5.54 Å². The summed E-state index contributed by atoms with van der Waals surface area (Å²) in [6, 6.07) is 0. The van der Waals surface area contributed by atoms with E-state index in [1.165, 1.54) is 0 Å². The summed E-state index contributed by atoms with van der Waals surface area (Å²) >= 11 is 0. The third kappa shape index (κ3) is 7.38. The molecule has 0 radical (unpaired) electrons. The predicted molar refractivity (Wildman–Crippen MR) is 72.0 cm³/mol. The molecule has 1 unspecified atom stereocenters. The molecule has 4 heteroatoms. The zero-order valence-corrected chi connectivity index (χ0v) is 12.4. The van der Waals surface area contributed by atoms with Gasteiger partial charge in [-0.1, -0.05) is 27.2 Å². The number of hydrogen-bond donors (Lipinski definition) is 1. The number of nitrogens with two attached hydrogens (primary N) is 1. The molecule has 0 aliphatic carbocycles. The highest BCUT2D eigenvalue weighted by Crippen LogP contribution is 2.23. The molecular weight excluding hydrogens is 218 g/mol. The highest BCUT2D eigenvalue weighted by Gasteiger charge is 2.24. The number of rotatable bonds is 11. The Hall–Kier alpha value is 0.0969. The second-order valence-electron chi connectivity index (χ2n) is 4.21. The molecule has 0 fully saturated rings. The minimum absolute atomic E-state index is 0.627. The van der Waals surface area contributed by atoms with E-state index in [2.05, 4.69) is 20.8 Å². The van der Waals surface area contributed by atoms with Crippen LogP contribution >= 0.6 is 0 Å². The smallest absolute Gasteiger partial charge is 0.324 e. The van der Waals surface area contributed by atoms with Gasteiger partial charge in [0.1, 0.15) is 0 Å². The first kappa shape index (κ1) is 16.1. The van der Waals surface area contributed by atoms with Crippen LogP contribution < -0.4 is 5.73 Å². The van der Waals surface area contributed by atoms with Gasteiger partial charge in [-0.3, -0.25) is 0 Å². The summed E-state index contributed by atoms with van der Waals surface area (Å²) < 4.78 is 11.8. The Bertz CT molecular complexity index is 139. The number of hydrogen-bond acceptors (Lipinski definition) is 3. The molecule has 2 N–H and O–H groups in total. The molecule has 0 aromatic rings. The van der Waals surface area contributed by atoms with Gasteiger partial charge in [0.15, 0.2) is 0 Å². The molecule has 0 aromatic heterocycles. The summed E-state index contributed by atoms with van der Waals surface area (Å²) in [6.45, 7) is 8.99. The van der Waals surface area contributed by atoms with Crippen molar-refractivity contribution in [1.82, 2.24) is 0 Å². The zero-order valence-electron chi connectivity index (χ0n) is 11.2. The maximum Gasteiger partial charge on any atom is 0.324 e. The van der Waals surface area contributed by atoms with Crippen molar-refractivity contribution in [3.8, 4) is 0 Å². The average molecular weight is 247 g/mol. The van der Waals surface area contributed by atoms with Crippen LogP contribution in [0.1, 0.15) is 52.9 Å². The zero-order chi connectivity index (χ0) is 12.2. The molecule has 0 heterocycles. The van der Waals surface area contributed by atoms with E-state index in [-0.39, 0.29) is 0 Å². The fourth-order valence-electron chi connectivity index (χ4n) is 1.70. The third-order valence-electron chi connectivity index (χ3n) is 2.66. The highest BCUT2D eigenvalue weighted by atomic mass is 28.3. The molecule has 3 nitrogen and oxygen atoms in total. The van der Waals surface area contributed by atoms with Gasteiger partial charge >= 0.3 is 9.28 Å². The van der Waals surface area contributed by atoms with Crippen LogP contribution in [0.15, 0.2) is 0 Å². The molecule has 0 rings (SSSR count). The van der Waals surface area contributed by atoms with Crippen molar-refractivity contribution < 1.29 is 8.85 Å². The summed E-state index contributed by atoms with van der Waals surface area (Å²) in [4.78, 5) is 0. The van der Waals surface area contributed by atoms with E-state index in [9.17, 15) is 0 Å². The van der Waals surface area contributed by atoms with Crippen molar-refractivity contribution in [1.29, 1.82) is 0 Å².